The first-order chi connectivity index (χ1) is 13.1. The fraction of sp³-hybridized carbons (Fsp3) is 0.300. The Morgan fingerprint density at radius 2 is 2.04 bits per heavy atom. The Morgan fingerprint density at radius 1 is 1.22 bits per heavy atom. The second kappa shape index (κ2) is 7.70. The number of benzene rings is 1. The van der Waals surface area contributed by atoms with Crippen molar-refractivity contribution in [3.63, 3.8) is 0 Å². The summed E-state index contributed by atoms with van der Waals surface area (Å²) in [6.45, 7) is 2.33. The van der Waals surface area contributed by atoms with Crippen LogP contribution in [0.2, 0.25) is 0 Å². The van der Waals surface area contributed by atoms with Crippen LogP contribution in [0.1, 0.15) is 35.2 Å². The molecule has 1 aliphatic heterocycles. The molecule has 0 spiro atoms. The molecule has 7 heteroatoms. The molecule has 1 aromatic carbocycles. The number of halogens is 1. The van der Waals surface area contributed by atoms with Crippen LogP contribution in [0.5, 0.6) is 0 Å². The molecule has 27 heavy (non-hydrogen) atoms. The van der Waals surface area contributed by atoms with E-state index in [1.165, 1.54) is 6.07 Å². The molecule has 2 aromatic heterocycles. The number of hydrogen-bond donors (Lipinski definition) is 1. The summed E-state index contributed by atoms with van der Waals surface area (Å²) in [4.78, 5) is 27.2. The monoisotopic (exact) mass is 430 g/mol. The minimum atomic E-state index is -0.410. The second-order valence-electron chi connectivity index (χ2n) is 6.60. The standard InChI is InChI=1S/C20H19BrN2O4/c21-13-5-6-17-14(10-13)16(24)11-19(27-17)20(25)22-12-15(18-4-3-9-26-18)23-7-1-2-8-23/h3-6,9-11,15H,1-2,7-8,12H2,(H,22,25). The van der Waals surface area contributed by atoms with Crippen molar-refractivity contribution in [2.75, 3.05) is 19.6 Å². The molecule has 0 aliphatic carbocycles. The van der Waals surface area contributed by atoms with E-state index in [9.17, 15) is 9.59 Å². The Morgan fingerprint density at radius 3 is 2.78 bits per heavy atom. The first-order valence-electron chi connectivity index (χ1n) is 8.91. The van der Waals surface area contributed by atoms with Gasteiger partial charge in [0.2, 0.25) is 0 Å². The van der Waals surface area contributed by atoms with E-state index >= 15 is 0 Å². The normalized spacial score (nSPS) is 15.9. The van der Waals surface area contributed by atoms with Gasteiger partial charge >= 0.3 is 0 Å². The van der Waals surface area contributed by atoms with E-state index in [2.05, 4.69) is 26.1 Å². The van der Waals surface area contributed by atoms with Gasteiger partial charge in [-0.3, -0.25) is 14.5 Å². The summed E-state index contributed by atoms with van der Waals surface area (Å²) in [6, 6.07) is 10.1. The van der Waals surface area contributed by atoms with Gasteiger partial charge in [0.25, 0.3) is 5.91 Å². The topological polar surface area (TPSA) is 75.7 Å². The lowest BCUT2D eigenvalue weighted by Crippen LogP contribution is -2.36. The summed E-state index contributed by atoms with van der Waals surface area (Å²) >= 11 is 3.33. The predicted octanol–water partition coefficient (Wildman–Crippen LogP) is 3.72. The number of likely N-dealkylation sites (tertiary alicyclic amines) is 1. The molecule has 3 aromatic rings. The molecule has 0 bridgehead atoms. The molecule has 1 fully saturated rings. The van der Waals surface area contributed by atoms with Gasteiger partial charge in [-0.05, 0) is 56.3 Å². The Hall–Kier alpha value is -2.38. The molecule has 1 N–H and O–H groups in total. The summed E-state index contributed by atoms with van der Waals surface area (Å²) < 4.78 is 12.0. The molecular weight excluding hydrogens is 412 g/mol. The van der Waals surface area contributed by atoms with Crippen molar-refractivity contribution in [3.8, 4) is 0 Å². The molecule has 0 saturated carbocycles. The van der Waals surface area contributed by atoms with Crippen molar-refractivity contribution in [1.29, 1.82) is 0 Å². The smallest absolute Gasteiger partial charge is 0.287 e. The third-order valence-corrected chi connectivity index (χ3v) is 5.32. The highest BCUT2D eigenvalue weighted by molar-refractivity contribution is 9.10. The highest BCUT2D eigenvalue weighted by Gasteiger charge is 2.26. The van der Waals surface area contributed by atoms with Crippen LogP contribution in [-0.4, -0.2) is 30.4 Å². The quantitative estimate of drug-likeness (QED) is 0.667. The molecule has 3 heterocycles. The van der Waals surface area contributed by atoms with Gasteiger partial charge in [0.15, 0.2) is 11.2 Å². The number of nitrogens with zero attached hydrogens (tertiary/aromatic N) is 1. The molecule has 1 aliphatic rings. The van der Waals surface area contributed by atoms with Crippen LogP contribution < -0.4 is 10.7 Å². The number of carbonyl (C=O) groups is 1. The van der Waals surface area contributed by atoms with E-state index in [1.807, 2.05) is 12.1 Å². The maximum Gasteiger partial charge on any atom is 0.287 e. The zero-order valence-corrected chi connectivity index (χ0v) is 16.2. The highest BCUT2D eigenvalue weighted by atomic mass is 79.9. The zero-order chi connectivity index (χ0) is 18.8. The van der Waals surface area contributed by atoms with Crippen LogP contribution in [0.4, 0.5) is 0 Å². The Labute approximate surface area is 164 Å². The number of carbonyl (C=O) groups excluding carboxylic acids is 1. The Kier molecular flexibility index (Phi) is 5.13. The molecule has 1 atom stereocenters. The maximum atomic E-state index is 12.6. The summed E-state index contributed by atoms with van der Waals surface area (Å²) in [7, 11) is 0. The molecule has 0 radical (unpaired) electrons. The second-order valence-corrected chi connectivity index (χ2v) is 7.52. The first-order valence-corrected chi connectivity index (χ1v) is 9.70. The molecule has 140 valence electrons. The van der Waals surface area contributed by atoms with Gasteiger partial charge in [-0.2, -0.15) is 0 Å². The van der Waals surface area contributed by atoms with E-state index < -0.39 is 5.91 Å². The van der Waals surface area contributed by atoms with Crippen LogP contribution in [0.3, 0.4) is 0 Å². The summed E-state index contributed by atoms with van der Waals surface area (Å²) in [6.07, 6.45) is 3.92. The third-order valence-electron chi connectivity index (χ3n) is 4.82. The Bertz CT molecular complexity index is 1010. The van der Waals surface area contributed by atoms with E-state index in [0.29, 0.717) is 17.5 Å². The van der Waals surface area contributed by atoms with Crippen molar-refractivity contribution >= 4 is 32.8 Å². The van der Waals surface area contributed by atoms with Gasteiger partial charge in [-0.25, -0.2) is 0 Å². The number of nitrogens with one attached hydrogen (secondary N) is 1. The fourth-order valence-electron chi connectivity index (χ4n) is 3.46. The van der Waals surface area contributed by atoms with Gasteiger partial charge in [0.05, 0.1) is 17.7 Å². The largest absolute Gasteiger partial charge is 0.468 e. The molecule has 4 rings (SSSR count). The van der Waals surface area contributed by atoms with Gasteiger partial charge in [0, 0.05) is 17.1 Å². The Balaban J connectivity index is 1.53. The van der Waals surface area contributed by atoms with Crippen LogP contribution >= 0.6 is 15.9 Å². The van der Waals surface area contributed by atoms with E-state index in [-0.39, 0.29) is 17.2 Å². The number of furan rings is 1. The van der Waals surface area contributed by atoms with Crippen LogP contribution in [-0.2, 0) is 0 Å². The van der Waals surface area contributed by atoms with Crippen molar-refractivity contribution in [2.45, 2.75) is 18.9 Å². The van der Waals surface area contributed by atoms with E-state index in [4.69, 9.17) is 8.83 Å². The average Bonchev–Trinajstić information content (AvgIpc) is 3.36. The average molecular weight is 431 g/mol. The van der Waals surface area contributed by atoms with Crippen molar-refractivity contribution in [3.05, 3.63) is 68.9 Å². The maximum absolute atomic E-state index is 12.6. The molecule has 1 unspecified atom stereocenters. The summed E-state index contributed by atoms with van der Waals surface area (Å²) in [5.74, 6) is 0.420. The number of rotatable bonds is 5. The van der Waals surface area contributed by atoms with Crippen LogP contribution in [0.25, 0.3) is 11.0 Å². The van der Waals surface area contributed by atoms with Gasteiger partial charge in [-0.1, -0.05) is 15.9 Å². The van der Waals surface area contributed by atoms with Gasteiger partial charge < -0.3 is 14.2 Å². The summed E-state index contributed by atoms with van der Waals surface area (Å²) in [5, 5.41) is 3.32. The summed E-state index contributed by atoms with van der Waals surface area (Å²) in [5.41, 5.74) is 0.141. The van der Waals surface area contributed by atoms with Gasteiger partial charge in [-0.15, -0.1) is 0 Å². The van der Waals surface area contributed by atoms with Crippen LogP contribution in [0, 0.1) is 0 Å². The highest BCUT2D eigenvalue weighted by Crippen LogP contribution is 2.25. The molecule has 6 nitrogen and oxygen atoms in total. The van der Waals surface area contributed by atoms with Crippen molar-refractivity contribution < 1.29 is 13.6 Å². The minimum Gasteiger partial charge on any atom is -0.468 e. The zero-order valence-electron chi connectivity index (χ0n) is 14.6. The van der Waals surface area contributed by atoms with Crippen molar-refractivity contribution in [1.82, 2.24) is 10.2 Å². The first kappa shape index (κ1) is 18.0. The van der Waals surface area contributed by atoms with E-state index in [0.717, 1.165) is 36.2 Å². The van der Waals surface area contributed by atoms with Crippen molar-refractivity contribution in [2.24, 2.45) is 0 Å². The minimum absolute atomic E-state index is 0.00874. The molecule has 1 saturated heterocycles. The van der Waals surface area contributed by atoms with E-state index in [1.54, 1.807) is 24.5 Å². The number of amides is 1. The van der Waals surface area contributed by atoms with Gasteiger partial charge in [0.1, 0.15) is 11.3 Å². The number of fused-ring (bicyclic) bond motifs is 1. The van der Waals surface area contributed by atoms with Crippen LogP contribution in [0.15, 0.2) is 60.8 Å². The molecule has 1 amide bonds. The fourth-order valence-corrected chi connectivity index (χ4v) is 3.82. The SMILES string of the molecule is O=C(NCC(c1ccco1)N1CCCC1)c1cc(=O)c2cc(Br)ccc2o1. The lowest BCUT2D eigenvalue weighted by Gasteiger charge is -2.25. The molecular formula is C20H19BrN2O4. The predicted molar refractivity (Wildman–Crippen MR) is 105 cm³/mol. The number of hydrogen-bond acceptors (Lipinski definition) is 5. The lowest BCUT2D eigenvalue weighted by atomic mass is 10.2. The lowest BCUT2D eigenvalue weighted by molar-refractivity contribution is 0.0906. The third kappa shape index (κ3) is 3.84.